The zero-order valence-corrected chi connectivity index (χ0v) is 22.7. The van der Waals surface area contributed by atoms with Crippen molar-refractivity contribution in [2.75, 3.05) is 37.7 Å². The van der Waals surface area contributed by atoms with Crippen LogP contribution in [0.4, 0.5) is 5.69 Å². The van der Waals surface area contributed by atoms with Crippen molar-refractivity contribution in [2.45, 2.75) is 51.0 Å². The summed E-state index contributed by atoms with van der Waals surface area (Å²) in [5.74, 6) is 0.682. The molecular weight excluding hydrogens is 474 g/mol. The molecule has 1 aromatic carbocycles. The Bertz CT molecular complexity index is 1270. The van der Waals surface area contributed by atoms with E-state index in [2.05, 4.69) is 56.2 Å². The van der Waals surface area contributed by atoms with Crippen molar-refractivity contribution in [1.82, 2.24) is 4.90 Å². The number of anilines is 1. The van der Waals surface area contributed by atoms with Crippen LogP contribution in [0.5, 0.6) is 0 Å². The van der Waals surface area contributed by atoms with E-state index in [4.69, 9.17) is 15.2 Å². The van der Waals surface area contributed by atoms with Gasteiger partial charge in [0, 0.05) is 54.3 Å². The van der Waals surface area contributed by atoms with E-state index in [-0.39, 0.29) is 18.6 Å². The summed E-state index contributed by atoms with van der Waals surface area (Å²) in [5.41, 5.74) is 12.3. The number of hydrogen-bond acceptors (Lipinski definition) is 5. The predicted molar refractivity (Wildman–Crippen MR) is 153 cm³/mol. The Labute approximate surface area is 226 Å². The molecule has 6 heteroatoms. The van der Waals surface area contributed by atoms with E-state index in [1.807, 2.05) is 23.1 Å². The topological polar surface area (TPSA) is 68.0 Å². The van der Waals surface area contributed by atoms with Crippen LogP contribution in [0.1, 0.15) is 50.7 Å². The maximum absolute atomic E-state index is 14.5. The van der Waals surface area contributed by atoms with Crippen LogP contribution in [0.3, 0.4) is 0 Å². The molecule has 0 bridgehead atoms. The van der Waals surface area contributed by atoms with E-state index in [1.54, 1.807) is 6.26 Å². The number of nitrogens with two attached hydrogens (primary N) is 1. The molecule has 1 aromatic rings. The van der Waals surface area contributed by atoms with Crippen LogP contribution in [0.25, 0.3) is 5.57 Å². The summed E-state index contributed by atoms with van der Waals surface area (Å²) in [6.07, 6.45) is 13.3. The molecule has 1 spiro atoms. The average Bonchev–Trinajstić information content (AvgIpc) is 3.54. The first-order valence-corrected chi connectivity index (χ1v) is 13.8. The number of likely N-dealkylation sites (tertiary alicyclic amines) is 1. The summed E-state index contributed by atoms with van der Waals surface area (Å²) in [5, 5.41) is 0. The highest BCUT2D eigenvalue weighted by Gasteiger charge is 2.58. The number of benzene rings is 1. The summed E-state index contributed by atoms with van der Waals surface area (Å²) in [6, 6.07) is 6.02. The molecule has 1 saturated heterocycles. The predicted octanol–water partition coefficient (Wildman–Crippen LogP) is 5.35. The molecule has 0 aliphatic carbocycles. The van der Waals surface area contributed by atoms with Crippen molar-refractivity contribution < 1.29 is 14.3 Å². The molecule has 1 fully saturated rings. The van der Waals surface area contributed by atoms with Crippen molar-refractivity contribution in [3.05, 3.63) is 95.7 Å². The van der Waals surface area contributed by atoms with Gasteiger partial charge in [-0.3, -0.25) is 4.79 Å². The highest BCUT2D eigenvalue weighted by Crippen LogP contribution is 2.54. The van der Waals surface area contributed by atoms with Crippen molar-refractivity contribution in [3.63, 3.8) is 0 Å². The Hall–Kier alpha value is -3.51. The van der Waals surface area contributed by atoms with Gasteiger partial charge in [-0.1, -0.05) is 50.8 Å². The number of allylic oxidation sites excluding steroid dienone is 5. The normalized spacial score (nSPS) is 25.2. The standard InChI is InChI=1S/C32H39N3O3/c1-5-10-25(33)20-35-28-13-9-11-26(22(3)19-24-14-16-34(6-2)23(24)4)30(28)32(31(35)36)21-38-29-15-18-37-17-8-7-12-27(29)32/h7,9,11-13,15,18-19,25H,3-6,8,10,14,16-17,20-21,33H2,1-2H3/b12-7+,18-15?,24-19-/t25-,32?/m1/s1. The molecule has 0 radical (unpaired) electrons. The van der Waals surface area contributed by atoms with Crippen LogP contribution >= 0.6 is 0 Å². The molecule has 1 amide bonds. The summed E-state index contributed by atoms with van der Waals surface area (Å²) >= 11 is 0. The zero-order chi connectivity index (χ0) is 26.9. The Morgan fingerprint density at radius 1 is 1.29 bits per heavy atom. The number of ether oxygens (including phenoxy) is 2. The fourth-order valence-corrected chi connectivity index (χ4v) is 6.15. The second-order valence-electron chi connectivity index (χ2n) is 10.5. The molecule has 4 aliphatic heterocycles. The highest BCUT2D eigenvalue weighted by molar-refractivity contribution is 6.13. The summed E-state index contributed by atoms with van der Waals surface area (Å²) in [6.45, 7) is 16.3. The molecule has 4 heterocycles. The molecule has 200 valence electrons. The van der Waals surface area contributed by atoms with Crippen molar-refractivity contribution >= 4 is 17.2 Å². The third-order valence-electron chi connectivity index (χ3n) is 8.10. The quantitative estimate of drug-likeness (QED) is 0.532. The monoisotopic (exact) mass is 513 g/mol. The smallest absolute Gasteiger partial charge is 0.245 e. The number of carbonyl (C=O) groups excluding carboxylic acids is 1. The number of likely N-dealkylation sites (N-methyl/N-ethyl adjacent to an activating group) is 1. The van der Waals surface area contributed by atoms with Crippen molar-refractivity contribution in [2.24, 2.45) is 5.73 Å². The Morgan fingerprint density at radius 2 is 2.13 bits per heavy atom. The van der Waals surface area contributed by atoms with Gasteiger partial charge in [-0.05, 0) is 55.0 Å². The second-order valence-corrected chi connectivity index (χ2v) is 10.5. The lowest BCUT2D eigenvalue weighted by molar-refractivity contribution is -0.122. The lowest BCUT2D eigenvalue weighted by Gasteiger charge is -2.26. The van der Waals surface area contributed by atoms with Gasteiger partial charge in [0.05, 0.1) is 12.9 Å². The Morgan fingerprint density at radius 3 is 2.89 bits per heavy atom. The number of fused-ring (bicyclic) bond motifs is 3. The van der Waals surface area contributed by atoms with E-state index < -0.39 is 5.41 Å². The Balaban J connectivity index is 1.66. The lowest BCUT2D eigenvalue weighted by Crippen LogP contribution is -2.46. The average molecular weight is 514 g/mol. The molecular formula is C32H39N3O3. The van der Waals surface area contributed by atoms with Gasteiger partial charge < -0.3 is 25.0 Å². The van der Waals surface area contributed by atoms with Gasteiger partial charge in [0.1, 0.15) is 17.8 Å². The largest absolute Gasteiger partial charge is 0.501 e. The number of amides is 1. The molecule has 0 aromatic heterocycles. The van der Waals surface area contributed by atoms with Gasteiger partial charge in [-0.2, -0.15) is 0 Å². The fraction of sp³-hybridized carbons (Fsp3) is 0.406. The summed E-state index contributed by atoms with van der Waals surface area (Å²) in [7, 11) is 0. The van der Waals surface area contributed by atoms with Gasteiger partial charge in [-0.25, -0.2) is 0 Å². The number of hydrogen-bond donors (Lipinski definition) is 1. The minimum atomic E-state index is -0.970. The number of nitrogens with zero attached hydrogens (tertiary/aromatic N) is 2. The zero-order valence-electron chi connectivity index (χ0n) is 22.7. The van der Waals surface area contributed by atoms with Crippen LogP contribution in [0.2, 0.25) is 0 Å². The highest BCUT2D eigenvalue weighted by atomic mass is 16.5. The lowest BCUT2D eigenvalue weighted by atomic mass is 9.73. The minimum absolute atomic E-state index is 0.0117. The fourth-order valence-electron chi connectivity index (χ4n) is 6.15. The van der Waals surface area contributed by atoms with Gasteiger partial charge in [0.2, 0.25) is 5.91 Å². The van der Waals surface area contributed by atoms with Crippen LogP contribution in [0, 0.1) is 0 Å². The van der Waals surface area contributed by atoms with Gasteiger partial charge >= 0.3 is 0 Å². The molecule has 2 N–H and O–H groups in total. The SMILES string of the molecule is C=C(/C=C1/CCN(CC)C1=C)c1cccc2c1C1(COC3=C1/C=C/CCOC=C3)C(=O)N2C[C@H](N)CCC. The van der Waals surface area contributed by atoms with Crippen LogP contribution in [-0.4, -0.2) is 49.7 Å². The van der Waals surface area contributed by atoms with Crippen LogP contribution in [-0.2, 0) is 19.7 Å². The first kappa shape index (κ1) is 26.1. The van der Waals surface area contributed by atoms with E-state index in [1.165, 1.54) is 5.57 Å². The van der Waals surface area contributed by atoms with E-state index in [9.17, 15) is 4.79 Å². The molecule has 6 nitrogen and oxygen atoms in total. The first-order valence-electron chi connectivity index (χ1n) is 13.8. The summed E-state index contributed by atoms with van der Waals surface area (Å²) < 4.78 is 11.8. The van der Waals surface area contributed by atoms with Gasteiger partial charge in [0.25, 0.3) is 0 Å². The molecule has 4 aliphatic rings. The maximum Gasteiger partial charge on any atom is 0.245 e. The Kier molecular flexibility index (Phi) is 7.35. The molecule has 38 heavy (non-hydrogen) atoms. The van der Waals surface area contributed by atoms with E-state index in [0.717, 1.165) is 72.4 Å². The van der Waals surface area contributed by atoms with E-state index >= 15 is 0 Å². The molecule has 5 rings (SSSR count). The third-order valence-corrected chi connectivity index (χ3v) is 8.10. The van der Waals surface area contributed by atoms with Gasteiger partial charge in [0.15, 0.2) is 0 Å². The molecule has 0 saturated carbocycles. The number of rotatable bonds is 7. The number of carbonyl (C=O) groups is 1. The first-order chi connectivity index (χ1) is 18.4. The van der Waals surface area contributed by atoms with Gasteiger partial charge in [-0.15, -0.1) is 0 Å². The molecule has 2 atom stereocenters. The van der Waals surface area contributed by atoms with Crippen LogP contribution < -0.4 is 10.6 Å². The van der Waals surface area contributed by atoms with Crippen molar-refractivity contribution in [3.8, 4) is 0 Å². The third kappa shape index (κ3) is 4.31. The maximum atomic E-state index is 14.5. The summed E-state index contributed by atoms with van der Waals surface area (Å²) in [4.78, 5) is 18.7. The van der Waals surface area contributed by atoms with E-state index in [0.29, 0.717) is 18.9 Å². The van der Waals surface area contributed by atoms with Crippen LogP contribution in [0.15, 0.2) is 84.5 Å². The van der Waals surface area contributed by atoms with Crippen molar-refractivity contribution in [1.29, 1.82) is 0 Å². The molecule has 1 unspecified atom stereocenters. The second kappa shape index (κ2) is 10.7. The minimum Gasteiger partial charge on any atom is -0.501 e.